The van der Waals surface area contributed by atoms with Gasteiger partial charge in [0.25, 0.3) is 0 Å². The molecule has 0 spiro atoms. The minimum absolute atomic E-state index is 0.0186. The molecule has 0 bridgehead atoms. The van der Waals surface area contributed by atoms with Crippen molar-refractivity contribution >= 4 is 5.97 Å². The molecular weight excluding hydrogens is 196 g/mol. The first-order valence-electron chi connectivity index (χ1n) is 5.26. The lowest BCUT2D eigenvalue weighted by Gasteiger charge is -2.10. The number of hydrogen-bond acceptors (Lipinski definition) is 4. The highest BCUT2D eigenvalue weighted by Crippen LogP contribution is 1.92. The van der Waals surface area contributed by atoms with Crippen LogP contribution in [-0.4, -0.2) is 37.0 Å². The second kappa shape index (κ2) is 9.68. The number of allylic oxidation sites excluding steroid dienone is 1. The van der Waals surface area contributed by atoms with Gasteiger partial charge in [0.05, 0.1) is 6.61 Å². The molecule has 1 N–H and O–H groups in total. The van der Waals surface area contributed by atoms with Crippen molar-refractivity contribution in [1.29, 1.82) is 0 Å². The number of carbonyl (C=O) groups is 1. The van der Waals surface area contributed by atoms with Gasteiger partial charge in [0.1, 0.15) is 12.7 Å². The van der Waals surface area contributed by atoms with Crippen LogP contribution in [0.2, 0.25) is 0 Å². The number of unbranched alkanes of at least 4 members (excludes halogenated alkanes) is 1. The van der Waals surface area contributed by atoms with E-state index in [0.717, 1.165) is 12.8 Å². The maximum Gasteiger partial charge on any atom is 0.330 e. The Kier molecular flexibility index (Phi) is 9.11. The summed E-state index contributed by atoms with van der Waals surface area (Å²) in [5.74, 6) is -0.440. The lowest BCUT2D eigenvalue weighted by atomic mass is 10.3. The summed E-state index contributed by atoms with van der Waals surface area (Å²) in [6.07, 6.45) is 4.20. The maximum absolute atomic E-state index is 10.9. The van der Waals surface area contributed by atoms with E-state index in [9.17, 15) is 9.90 Å². The van der Waals surface area contributed by atoms with Crippen molar-refractivity contribution in [3.05, 3.63) is 12.2 Å². The lowest BCUT2D eigenvalue weighted by Crippen LogP contribution is -2.23. The third kappa shape index (κ3) is 9.43. The predicted octanol–water partition coefficient (Wildman–Crippen LogP) is 1.28. The molecule has 4 heteroatoms. The van der Waals surface area contributed by atoms with E-state index in [4.69, 9.17) is 9.47 Å². The van der Waals surface area contributed by atoms with Crippen molar-refractivity contribution in [2.45, 2.75) is 32.8 Å². The minimum atomic E-state index is -0.740. The Morgan fingerprint density at radius 2 is 2.20 bits per heavy atom. The van der Waals surface area contributed by atoms with E-state index < -0.39 is 12.1 Å². The molecule has 4 nitrogen and oxygen atoms in total. The zero-order valence-corrected chi connectivity index (χ0v) is 9.44. The quantitative estimate of drug-likeness (QED) is 0.377. The monoisotopic (exact) mass is 216 g/mol. The average molecular weight is 216 g/mol. The first-order chi connectivity index (χ1) is 7.20. The molecule has 0 amide bonds. The van der Waals surface area contributed by atoms with Gasteiger partial charge in [0, 0.05) is 12.7 Å². The van der Waals surface area contributed by atoms with Crippen LogP contribution in [-0.2, 0) is 14.3 Å². The molecule has 0 aliphatic rings. The van der Waals surface area contributed by atoms with Crippen molar-refractivity contribution < 1.29 is 19.4 Å². The average Bonchev–Trinajstić information content (AvgIpc) is 2.22. The normalized spacial score (nSPS) is 13.0. The predicted molar refractivity (Wildman–Crippen MR) is 57.5 cm³/mol. The summed E-state index contributed by atoms with van der Waals surface area (Å²) < 4.78 is 9.91. The van der Waals surface area contributed by atoms with Crippen molar-refractivity contribution in [2.24, 2.45) is 0 Å². The smallest absolute Gasteiger partial charge is 0.330 e. The summed E-state index contributed by atoms with van der Waals surface area (Å²) in [5.41, 5.74) is 0. The fourth-order valence-electron chi connectivity index (χ4n) is 0.876. The number of esters is 1. The molecule has 0 saturated carbocycles. The minimum Gasteiger partial charge on any atom is -0.460 e. The van der Waals surface area contributed by atoms with Crippen LogP contribution in [0.25, 0.3) is 0 Å². The Bertz CT molecular complexity index is 189. The molecule has 1 unspecified atom stereocenters. The standard InChI is InChI=1S/C11H20O4/c1-3-5-7-14-8-10(12)9-15-11(13)6-4-2/h4,6,10,12H,3,5,7-9H2,1-2H3. The molecule has 0 saturated heterocycles. The van der Waals surface area contributed by atoms with Crippen LogP contribution in [0, 0.1) is 0 Å². The molecule has 0 fully saturated rings. The van der Waals surface area contributed by atoms with Crippen LogP contribution in [0.3, 0.4) is 0 Å². The molecule has 88 valence electrons. The summed E-state index contributed by atoms with van der Waals surface area (Å²) in [5, 5.41) is 9.34. The highest BCUT2D eigenvalue weighted by atomic mass is 16.5. The Morgan fingerprint density at radius 1 is 1.47 bits per heavy atom. The summed E-state index contributed by atoms with van der Waals surface area (Å²) in [7, 11) is 0. The first kappa shape index (κ1) is 14.1. The van der Waals surface area contributed by atoms with E-state index in [1.54, 1.807) is 13.0 Å². The molecule has 0 radical (unpaired) electrons. The Morgan fingerprint density at radius 3 is 2.80 bits per heavy atom. The molecule has 1 atom stereocenters. The third-order valence-electron chi connectivity index (χ3n) is 1.67. The van der Waals surface area contributed by atoms with E-state index >= 15 is 0 Å². The largest absolute Gasteiger partial charge is 0.460 e. The first-order valence-corrected chi connectivity index (χ1v) is 5.26. The van der Waals surface area contributed by atoms with Gasteiger partial charge >= 0.3 is 5.97 Å². The number of rotatable bonds is 8. The molecule has 0 aliphatic carbocycles. The zero-order valence-electron chi connectivity index (χ0n) is 9.44. The van der Waals surface area contributed by atoms with E-state index in [2.05, 4.69) is 6.92 Å². The Balaban J connectivity index is 3.40. The van der Waals surface area contributed by atoms with Crippen LogP contribution in [0.4, 0.5) is 0 Å². The van der Waals surface area contributed by atoms with Gasteiger partial charge in [-0.1, -0.05) is 19.4 Å². The summed E-state index contributed by atoms with van der Waals surface area (Å²) >= 11 is 0. The van der Waals surface area contributed by atoms with Crippen molar-refractivity contribution in [1.82, 2.24) is 0 Å². The number of ether oxygens (including phenoxy) is 2. The van der Waals surface area contributed by atoms with E-state index in [1.807, 2.05) is 0 Å². The van der Waals surface area contributed by atoms with Gasteiger partial charge in [-0.05, 0) is 13.3 Å². The van der Waals surface area contributed by atoms with Gasteiger partial charge in [-0.25, -0.2) is 4.79 Å². The number of aliphatic hydroxyl groups excluding tert-OH is 1. The van der Waals surface area contributed by atoms with E-state index in [1.165, 1.54) is 6.08 Å². The van der Waals surface area contributed by atoms with Crippen LogP contribution in [0.5, 0.6) is 0 Å². The number of carbonyl (C=O) groups excluding carboxylic acids is 1. The molecular formula is C11H20O4. The number of aliphatic hydroxyl groups is 1. The summed E-state index contributed by atoms with van der Waals surface area (Å²) in [6.45, 7) is 4.62. The third-order valence-corrected chi connectivity index (χ3v) is 1.67. The van der Waals surface area contributed by atoms with E-state index in [0.29, 0.717) is 6.61 Å². The maximum atomic E-state index is 10.9. The molecule has 0 rings (SSSR count). The van der Waals surface area contributed by atoms with Gasteiger partial charge in [-0.15, -0.1) is 0 Å². The fourth-order valence-corrected chi connectivity index (χ4v) is 0.876. The SMILES string of the molecule is CC=CC(=O)OCC(O)COCCCC. The lowest BCUT2D eigenvalue weighted by molar-refractivity contribution is -0.141. The molecule has 0 aromatic carbocycles. The van der Waals surface area contributed by atoms with Gasteiger partial charge in [0.15, 0.2) is 0 Å². The zero-order chi connectivity index (χ0) is 11.5. The van der Waals surface area contributed by atoms with Gasteiger partial charge in [-0.2, -0.15) is 0 Å². The van der Waals surface area contributed by atoms with Crippen LogP contribution in [0.15, 0.2) is 12.2 Å². The topological polar surface area (TPSA) is 55.8 Å². The molecule has 0 aromatic rings. The van der Waals surface area contributed by atoms with Crippen molar-refractivity contribution in [3.63, 3.8) is 0 Å². The Hall–Kier alpha value is -0.870. The summed E-state index contributed by atoms with van der Waals surface area (Å²) in [6, 6.07) is 0. The van der Waals surface area contributed by atoms with Gasteiger partial charge in [0.2, 0.25) is 0 Å². The Labute approximate surface area is 90.9 Å². The van der Waals surface area contributed by atoms with Crippen LogP contribution in [0.1, 0.15) is 26.7 Å². The fraction of sp³-hybridized carbons (Fsp3) is 0.727. The summed E-state index contributed by atoms with van der Waals surface area (Å²) in [4.78, 5) is 10.9. The highest BCUT2D eigenvalue weighted by molar-refractivity contribution is 5.81. The molecule has 0 heterocycles. The second-order valence-corrected chi connectivity index (χ2v) is 3.21. The van der Waals surface area contributed by atoms with Gasteiger partial charge in [-0.3, -0.25) is 0 Å². The molecule has 15 heavy (non-hydrogen) atoms. The van der Waals surface area contributed by atoms with Crippen molar-refractivity contribution in [3.8, 4) is 0 Å². The second-order valence-electron chi connectivity index (χ2n) is 3.21. The molecule has 0 aromatic heterocycles. The van der Waals surface area contributed by atoms with Gasteiger partial charge < -0.3 is 14.6 Å². The molecule has 0 aliphatic heterocycles. The van der Waals surface area contributed by atoms with Crippen molar-refractivity contribution in [2.75, 3.05) is 19.8 Å². The van der Waals surface area contributed by atoms with E-state index in [-0.39, 0.29) is 13.2 Å². The van der Waals surface area contributed by atoms with Crippen LogP contribution >= 0.6 is 0 Å². The number of hydrogen-bond donors (Lipinski definition) is 1. The highest BCUT2D eigenvalue weighted by Gasteiger charge is 2.06. The van der Waals surface area contributed by atoms with Crippen LogP contribution < -0.4 is 0 Å².